The summed E-state index contributed by atoms with van der Waals surface area (Å²) < 4.78 is 8.82. The quantitative estimate of drug-likeness (QED) is 0.110. The van der Waals surface area contributed by atoms with Gasteiger partial charge in [0.1, 0.15) is 0 Å². The van der Waals surface area contributed by atoms with Crippen LogP contribution in [0.3, 0.4) is 0 Å². The van der Waals surface area contributed by atoms with Gasteiger partial charge >= 0.3 is 584 Å². The molecule has 0 aliphatic carbocycles. The van der Waals surface area contributed by atoms with Crippen LogP contribution in [-0.2, 0) is 0 Å². The van der Waals surface area contributed by atoms with Crippen LogP contribution >= 0.6 is 0 Å². The van der Waals surface area contributed by atoms with E-state index in [1.165, 1.54) is 200 Å². The fourth-order valence-electron chi connectivity index (χ4n) is 16.2. The summed E-state index contributed by atoms with van der Waals surface area (Å²) >= 11 is 1.00. The van der Waals surface area contributed by atoms with Crippen molar-refractivity contribution in [3.8, 4) is 74.5 Å². The molecule has 0 unspecified atom stereocenters. The minimum absolute atomic E-state index is 0.250. The van der Waals surface area contributed by atoms with Crippen LogP contribution in [0.1, 0.15) is 0 Å². The van der Waals surface area contributed by atoms with E-state index in [-0.39, 0.29) is 14.5 Å². The molecule has 0 spiro atoms. The molecule has 3 heterocycles. The Labute approximate surface area is 626 Å². The molecule has 3 aromatic heterocycles. The van der Waals surface area contributed by atoms with Crippen molar-refractivity contribution in [3.05, 3.63) is 388 Å². The number of fused-ring (bicyclic) bond motifs is 21. The van der Waals surface area contributed by atoms with Gasteiger partial charge in [0, 0.05) is 0 Å². The van der Waals surface area contributed by atoms with Crippen LogP contribution in [0, 0.1) is 0 Å². The summed E-state index contributed by atoms with van der Waals surface area (Å²) in [5.74, 6) is 0. The van der Waals surface area contributed by atoms with Crippen LogP contribution in [0.2, 0.25) is 0 Å². The van der Waals surface area contributed by atoms with Crippen molar-refractivity contribution in [2.45, 2.75) is 0 Å². The van der Waals surface area contributed by atoms with E-state index in [1.807, 2.05) is 0 Å². The summed E-state index contributed by atoms with van der Waals surface area (Å²) in [5, 5.41) is 28.0. The van der Waals surface area contributed by atoms with Gasteiger partial charge in [0.05, 0.1) is 0 Å². The summed E-state index contributed by atoms with van der Waals surface area (Å²) in [6.45, 7) is 0. The van der Waals surface area contributed by atoms with Crippen molar-refractivity contribution >= 4 is 169 Å². The molecule has 0 atom stereocenters. The first-order chi connectivity index (χ1) is 52.0. The predicted molar refractivity (Wildman–Crippen MR) is 458 cm³/mol. The fourth-order valence-corrected chi connectivity index (χ4v) is 23.2. The Morgan fingerprint density at radius 3 is 0.800 bits per heavy atom. The van der Waals surface area contributed by atoms with Gasteiger partial charge in [-0.1, -0.05) is 42.5 Å². The van der Waals surface area contributed by atoms with Gasteiger partial charge in [-0.05, 0) is 5.39 Å². The predicted octanol–water partition coefficient (Wildman–Crippen LogP) is 27.7. The van der Waals surface area contributed by atoms with Gasteiger partial charge in [-0.15, -0.1) is 0 Å². The van der Waals surface area contributed by atoms with Crippen LogP contribution in [0.15, 0.2) is 388 Å². The molecule has 0 radical (unpaired) electrons. The van der Waals surface area contributed by atoms with Gasteiger partial charge in [-0.2, -0.15) is 0 Å². The molecule has 22 rings (SSSR count). The molecule has 0 amide bonds. The van der Waals surface area contributed by atoms with E-state index in [9.17, 15) is 0 Å². The molecule has 490 valence electrons. The molecule has 0 aliphatic heterocycles. The zero-order chi connectivity index (χ0) is 69.3. The maximum absolute atomic E-state index is 2.43. The van der Waals surface area contributed by atoms with Crippen LogP contribution < -0.4 is 0 Å². The Morgan fingerprint density at radius 2 is 0.400 bits per heavy atom. The summed E-state index contributed by atoms with van der Waals surface area (Å²) in [6, 6.07) is 143. The second-order valence-electron chi connectivity index (χ2n) is 27.3. The molecule has 0 saturated heterocycles. The van der Waals surface area contributed by atoms with E-state index < -0.39 is 0 Å². The van der Waals surface area contributed by atoms with Crippen LogP contribution in [0.25, 0.3) is 200 Å². The molecule has 0 saturated carbocycles. The number of benzene rings is 19. The van der Waals surface area contributed by atoms with E-state index in [4.69, 9.17) is 0 Å². The Kier molecular flexibility index (Phi) is 16.1. The summed E-state index contributed by atoms with van der Waals surface area (Å²) in [7, 11) is 0. The molecule has 0 nitrogen and oxygen atoms in total. The standard InChI is InChI=1S/C44H28Se.C32H20Se.C26H16Se/c1-3-12-29(13-4-1)43-41-28-34(23-25-42(41)45-44(43)30-14-5-2-6-15-30)32-17-11-16-31(26-32)33-22-24-39-37-20-8-7-18-35(37)36-19-9-10-21-38(36)40(39)27-33;1-6-15-31-24(8-1)20-32(33-31)23-10-7-9-21(18-23)22-16-17-29-27-13-3-2-11-25(27)26-12-4-5-14-28(26)30(29)19-22;1-6-12-25-17(7-1)16-26(27-25)18-13-14-23-21-10-3-2-8-19(21)20-9-4-5-11-22(20)24(23)15-18/h1-28H;1-20H;1-16H. The second-order valence-corrected chi connectivity index (χ2v) is 34.0. The van der Waals surface area contributed by atoms with Gasteiger partial charge in [0.25, 0.3) is 0 Å². The number of rotatable bonds is 7. The van der Waals surface area contributed by atoms with Gasteiger partial charge in [0.2, 0.25) is 0 Å². The Hall–Kier alpha value is -11.7. The van der Waals surface area contributed by atoms with Crippen LogP contribution in [0.5, 0.6) is 0 Å². The molecule has 19 aromatic carbocycles. The molecular formula is C102H64Se3. The van der Waals surface area contributed by atoms with Crippen LogP contribution in [-0.4, -0.2) is 43.5 Å². The van der Waals surface area contributed by atoms with E-state index in [1.54, 1.807) is 0 Å². The van der Waals surface area contributed by atoms with Gasteiger partial charge in [-0.25, -0.2) is 0 Å². The molecule has 0 fully saturated rings. The Morgan fingerprint density at radius 1 is 0.133 bits per heavy atom. The minimum atomic E-state index is 0.250. The van der Waals surface area contributed by atoms with Gasteiger partial charge < -0.3 is 0 Å². The second kappa shape index (κ2) is 26.8. The van der Waals surface area contributed by atoms with Gasteiger partial charge in [0.15, 0.2) is 0 Å². The first-order valence-electron chi connectivity index (χ1n) is 35.9. The SMILES string of the molecule is c1cc(-c2ccc3c4ccccc4c4ccccc4c3c2)cc(-c2cc3ccccc3[se]2)c1.c1ccc(-c2[se]c3ccc(-c4cccc(-c5ccc6c7ccccc7c7ccccc7c6c5)c4)cc3c2-c2ccccc2)cc1.c1ccc2[se]c(-c3ccc4c5ccccc5c5ccccc5c4c3)cc2c1. The fraction of sp³-hybridized carbons (Fsp3) is 0. The Balaban J connectivity index is 0.000000108. The Bertz CT molecular complexity index is 6980. The van der Waals surface area contributed by atoms with E-state index in [0.717, 1.165) is 0 Å². The average Bonchev–Trinajstić information content (AvgIpc) is 0.903. The molecule has 22 aromatic rings. The first kappa shape index (κ1) is 63.0. The molecule has 0 N–H and O–H groups in total. The van der Waals surface area contributed by atoms with Crippen molar-refractivity contribution < 1.29 is 0 Å². The summed E-state index contributed by atoms with van der Waals surface area (Å²) in [5.41, 5.74) is 14.2. The molecule has 0 aliphatic rings. The number of hydrogen-bond donors (Lipinski definition) is 0. The molecule has 3 heteroatoms. The van der Waals surface area contributed by atoms with Crippen molar-refractivity contribution in [1.82, 2.24) is 0 Å². The summed E-state index contributed by atoms with van der Waals surface area (Å²) in [6.07, 6.45) is 0. The third-order valence-electron chi connectivity index (χ3n) is 21.2. The van der Waals surface area contributed by atoms with Crippen molar-refractivity contribution in [1.29, 1.82) is 0 Å². The normalized spacial score (nSPS) is 11.6. The third kappa shape index (κ3) is 11.5. The van der Waals surface area contributed by atoms with Crippen LogP contribution in [0.4, 0.5) is 0 Å². The zero-order valence-electron chi connectivity index (χ0n) is 57.2. The zero-order valence-corrected chi connectivity index (χ0v) is 62.3. The number of hydrogen-bond acceptors (Lipinski definition) is 0. The maximum atomic E-state index is 2.43. The van der Waals surface area contributed by atoms with E-state index in [2.05, 4.69) is 388 Å². The van der Waals surface area contributed by atoms with Gasteiger partial charge in [-0.3, -0.25) is 0 Å². The van der Waals surface area contributed by atoms with Crippen molar-refractivity contribution in [3.63, 3.8) is 0 Å². The monoisotopic (exact) mass is 1530 g/mol. The average molecular weight is 1530 g/mol. The van der Waals surface area contributed by atoms with Crippen molar-refractivity contribution in [2.75, 3.05) is 0 Å². The molecule has 0 bridgehead atoms. The van der Waals surface area contributed by atoms with E-state index in [0.29, 0.717) is 29.0 Å². The third-order valence-corrected chi connectivity index (χ3v) is 28.6. The topological polar surface area (TPSA) is 0 Å². The molecular weight excluding hydrogens is 1460 g/mol. The summed E-state index contributed by atoms with van der Waals surface area (Å²) in [4.78, 5) is 0. The van der Waals surface area contributed by atoms with Crippen molar-refractivity contribution in [2.24, 2.45) is 0 Å². The van der Waals surface area contributed by atoms with E-state index >= 15 is 0 Å². The molecule has 105 heavy (non-hydrogen) atoms. The first-order valence-corrected chi connectivity index (χ1v) is 41.1.